The van der Waals surface area contributed by atoms with E-state index in [1.54, 1.807) is 0 Å². The summed E-state index contributed by atoms with van der Waals surface area (Å²) in [6.45, 7) is 3.78. The Morgan fingerprint density at radius 2 is 1.09 bits per heavy atom. The Balaban J connectivity index is 1.28. The van der Waals surface area contributed by atoms with Crippen LogP contribution in [0.25, 0.3) is 21.5 Å². The molecule has 164 valence electrons. The van der Waals surface area contributed by atoms with Gasteiger partial charge in [0.05, 0.1) is 13.2 Å². The number of ether oxygens (including phenoxy) is 2. The molecule has 4 aromatic carbocycles. The standard InChI is InChI=1S/C30H32O2/c1-22-10-12-25(13-11-22)28(20-31-29-16-14-23-6-2-4-8-26(23)18-29)21-32-30-17-15-24-7-3-5-9-27(24)19-30/h2-9,14-19,22,25,28H,10-13,20-21H2,1H3. The summed E-state index contributed by atoms with van der Waals surface area (Å²) < 4.78 is 12.7. The molecule has 0 spiro atoms. The van der Waals surface area contributed by atoms with Crippen molar-refractivity contribution >= 4 is 21.5 Å². The second-order valence-electron chi connectivity index (χ2n) is 9.42. The molecule has 1 aliphatic carbocycles. The van der Waals surface area contributed by atoms with Crippen molar-refractivity contribution in [3.63, 3.8) is 0 Å². The molecule has 1 aliphatic rings. The van der Waals surface area contributed by atoms with Crippen LogP contribution < -0.4 is 9.47 Å². The number of hydrogen-bond donors (Lipinski definition) is 0. The van der Waals surface area contributed by atoms with Crippen molar-refractivity contribution < 1.29 is 9.47 Å². The van der Waals surface area contributed by atoms with E-state index in [0.29, 0.717) is 25.0 Å². The number of rotatable bonds is 7. The van der Waals surface area contributed by atoms with Crippen molar-refractivity contribution in [2.24, 2.45) is 17.8 Å². The fraction of sp³-hybridized carbons (Fsp3) is 0.333. The molecular formula is C30H32O2. The van der Waals surface area contributed by atoms with Gasteiger partial charge in [0.1, 0.15) is 11.5 Å². The Morgan fingerprint density at radius 3 is 1.59 bits per heavy atom. The molecule has 0 N–H and O–H groups in total. The lowest BCUT2D eigenvalue weighted by Crippen LogP contribution is -2.30. The maximum absolute atomic E-state index is 6.33. The Hall–Kier alpha value is -3.00. The molecule has 0 bridgehead atoms. The zero-order valence-corrected chi connectivity index (χ0v) is 18.9. The molecule has 1 fully saturated rings. The minimum atomic E-state index is 0.389. The molecule has 0 aromatic heterocycles. The Labute approximate surface area is 191 Å². The molecule has 1 saturated carbocycles. The van der Waals surface area contributed by atoms with E-state index in [0.717, 1.165) is 17.4 Å². The smallest absolute Gasteiger partial charge is 0.119 e. The zero-order valence-electron chi connectivity index (χ0n) is 18.9. The van der Waals surface area contributed by atoms with Gasteiger partial charge in [0.25, 0.3) is 0 Å². The topological polar surface area (TPSA) is 18.5 Å². The molecule has 0 unspecified atom stereocenters. The normalized spacial score (nSPS) is 18.8. The minimum Gasteiger partial charge on any atom is -0.493 e. The summed E-state index contributed by atoms with van der Waals surface area (Å²) in [4.78, 5) is 0. The van der Waals surface area contributed by atoms with Crippen molar-refractivity contribution in [1.82, 2.24) is 0 Å². The molecular weight excluding hydrogens is 392 g/mol. The monoisotopic (exact) mass is 424 g/mol. The maximum Gasteiger partial charge on any atom is 0.119 e. The summed E-state index contributed by atoms with van der Waals surface area (Å²) in [6.07, 6.45) is 5.17. The van der Waals surface area contributed by atoms with Gasteiger partial charge in [0.15, 0.2) is 0 Å². The van der Waals surface area contributed by atoms with Gasteiger partial charge < -0.3 is 9.47 Å². The molecule has 2 heteroatoms. The SMILES string of the molecule is CC1CCC(C(COc2ccc3ccccc3c2)COc2ccc3ccccc3c2)CC1. The summed E-state index contributed by atoms with van der Waals surface area (Å²) in [5.74, 6) is 3.79. The lowest BCUT2D eigenvalue weighted by molar-refractivity contribution is 0.0999. The van der Waals surface area contributed by atoms with E-state index in [1.807, 2.05) is 0 Å². The summed E-state index contributed by atoms with van der Waals surface area (Å²) in [5.41, 5.74) is 0. The van der Waals surface area contributed by atoms with Crippen molar-refractivity contribution in [2.75, 3.05) is 13.2 Å². The quantitative estimate of drug-likeness (QED) is 0.300. The summed E-state index contributed by atoms with van der Waals surface area (Å²) in [7, 11) is 0. The Kier molecular flexibility index (Phi) is 6.29. The van der Waals surface area contributed by atoms with Crippen molar-refractivity contribution in [3.8, 4) is 11.5 Å². The predicted molar refractivity (Wildman–Crippen MR) is 133 cm³/mol. The van der Waals surface area contributed by atoms with Gasteiger partial charge >= 0.3 is 0 Å². The van der Waals surface area contributed by atoms with Crippen LogP contribution in [-0.2, 0) is 0 Å². The van der Waals surface area contributed by atoms with E-state index in [2.05, 4.69) is 91.9 Å². The van der Waals surface area contributed by atoms with Gasteiger partial charge in [-0.3, -0.25) is 0 Å². The minimum absolute atomic E-state index is 0.389. The van der Waals surface area contributed by atoms with Crippen LogP contribution in [0.15, 0.2) is 84.9 Å². The largest absolute Gasteiger partial charge is 0.493 e. The first-order valence-corrected chi connectivity index (χ1v) is 12.0. The van der Waals surface area contributed by atoms with Gasteiger partial charge in [-0.05, 0) is 70.5 Å². The third-order valence-electron chi connectivity index (χ3n) is 7.10. The third kappa shape index (κ3) is 4.91. The summed E-state index contributed by atoms with van der Waals surface area (Å²) in [6, 6.07) is 29.7. The van der Waals surface area contributed by atoms with Gasteiger partial charge in [-0.1, -0.05) is 80.4 Å². The highest BCUT2D eigenvalue weighted by Gasteiger charge is 2.27. The first-order chi connectivity index (χ1) is 15.7. The van der Waals surface area contributed by atoms with Gasteiger partial charge in [-0.25, -0.2) is 0 Å². The molecule has 4 aromatic rings. The summed E-state index contributed by atoms with van der Waals surface area (Å²) >= 11 is 0. The highest BCUT2D eigenvalue weighted by molar-refractivity contribution is 5.84. The first kappa shape index (κ1) is 20.9. The zero-order chi connectivity index (χ0) is 21.8. The fourth-order valence-electron chi connectivity index (χ4n) is 5.00. The van der Waals surface area contributed by atoms with Crippen LogP contribution in [0.2, 0.25) is 0 Å². The second-order valence-corrected chi connectivity index (χ2v) is 9.42. The van der Waals surface area contributed by atoms with Crippen LogP contribution in [0.1, 0.15) is 32.6 Å². The molecule has 0 heterocycles. The average molecular weight is 425 g/mol. The molecule has 0 amide bonds. The second kappa shape index (κ2) is 9.65. The van der Waals surface area contributed by atoms with Crippen LogP contribution in [-0.4, -0.2) is 13.2 Å². The maximum atomic E-state index is 6.33. The third-order valence-corrected chi connectivity index (χ3v) is 7.10. The van der Waals surface area contributed by atoms with E-state index >= 15 is 0 Å². The van der Waals surface area contributed by atoms with Crippen LogP contribution in [0.4, 0.5) is 0 Å². The number of hydrogen-bond acceptors (Lipinski definition) is 2. The highest BCUT2D eigenvalue weighted by atomic mass is 16.5. The van der Waals surface area contributed by atoms with E-state index in [1.165, 1.54) is 47.2 Å². The van der Waals surface area contributed by atoms with E-state index in [-0.39, 0.29) is 0 Å². The first-order valence-electron chi connectivity index (χ1n) is 12.0. The number of fused-ring (bicyclic) bond motifs is 2. The van der Waals surface area contributed by atoms with Gasteiger partial charge in [0.2, 0.25) is 0 Å². The predicted octanol–water partition coefficient (Wildman–Crippen LogP) is 7.89. The molecule has 5 rings (SSSR count). The molecule has 0 atom stereocenters. The molecule has 0 radical (unpaired) electrons. The molecule has 0 saturated heterocycles. The number of benzene rings is 4. The van der Waals surface area contributed by atoms with Gasteiger partial charge in [0, 0.05) is 5.92 Å². The van der Waals surface area contributed by atoms with Crippen LogP contribution in [0.3, 0.4) is 0 Å². The van der Waals surface area contributed by atoms with Crippen molar-refractivity contribution in [1.29, 1.82) is 0 Å². The van der Waals surface area contributed by atoms with Crippen LogP contribution >= 0.6 is 0 Å². The van der Waals surface area contributed by atoms with Crippen LogP contribution in [0.5, 0.6) is 11.5 Å². The Morgan fingerprint density at radius 1 is 0.625 bits per heavy atom. The van der Waals surface area contributed by atoms with E-state index < -0.39 is 0 Å². The van der Waals surface area contributed by atoms with E-state index in [4.69, 9.17) is 9.47 Å². The lowest BCUT2D eigenvalue weighted by atomic mass is 9.77. The molecule has 2 nitrogen and oxygen atoms in total. The fourth-order valence-corrected chi connectivity index (χ4v) is 5.00. The molecule has 0 aliphatic heterocycles. The lowest BCUT2D eigenvalue weighted by Gasteiger charge is -2.32. The van der Waals surface area contributed by atoms with Crippen molar-refractivity contribution in [2.45, 2.75) is 32.6 Å². The molecule has 32 heavy (non-hydrogen) atoms. The van der Waals surface area contributed by atoms with Gasteiger partial charge in [-0.2, -0.15) is 0 Å². The Bertz CT molecular complexity index is 1090. The summed E-state index contributed by atoms with van der Waals surface area (Å²) in [5, 5.41) is 4.94. The van der Waals surface area contributed by atoms with E-state index in [9.17, 15) is 0 Å². The average Bonchev–Trinajstić information content (AvgIpc) is 2.84. The highest BCUT2D eigenvalue weighted by Crippen LogP contribution is 2.34. The van der Waals surface area contributed by atoms with Gasteiger partial charge in [-0.15, -0.1) is 0 Å². The van der Waals surface area contributed by atoms with Crippen LogP contribution in [0, 0.1) is 17.8 Å². The van der Waals surface area contributed by atoms with Crippen molar-refractivity contribution in [3.05, 3.63) is 84.9 Å².